The van der Waals surface area contributed by atoms with E-state index in [1.165, 1.54) is 11.3 Å². The average molecular weight is 353 g/mol. The molecule has 2 rings (SSSR count). The molecular formula is C22H30N3O+. The van der Waals surface area contributed by atoms with Crippen molar-refractivity contribution in [3.05, 3.63) is 66.7 Å². The molecule has 1 atom stereocenters. The highest BCUT2D eigenvalue weighted by atomic mass is 16.3. The third-order valence-electron chi connectivity index (χ3n) is 4.92. The second-order valence-electron chi connectivity index (χ2n) is 6.77. The normalized spacial score (nSPS) is 13.5. The van der Waals surface area contributed by atoms with Crippen LogP contribution in [0.3, 0.4) is 0 Å². The first-order valence-electron chi connectivity index (χ1n) is 9.09. The van der Waals surface area contributed by atoms with Gasteiger partial charge in [-0.25, -0.2) is 0 Å². The van der Waals surface area contributed by atoms with Gasteiger partial charge in [-0.2, -0.15) is 5.10 Å². The number of hydrazone groups is 1. The van der Waals surface area contributed by atoms with E-state index in [1.54, 1.807) is 12.1 Å². The number of benzene rings is 2. The Kier molecular flexibility index (Phi) is 6.98. The van der Waals surface area contributed by atoms with Crippen molar-refractivity contribution < 1.29 is 10.4 Å². The fraction of sp³-hybridized carbons (Fsp3) is 0.318. The summed E-state index contributed by atoms with van der Waals surface area (Å²) < 4.78 is 0. The Morgan fingerprint density at radius 3 is 2.54 bits per heavy atom. The monoisotopic (exact) mass is 352 g/mol. The highest BCUT2D eigenvalue weighted by Gasteiger charge is 2.27. The molecular weight excluding hydrogens is 322 g/mol. The largest absolute Gasteiger partial charge is 0.508 e. The molecule has 1 unspecified atom stereocenters. The van der Waals surface area contributed by atoms with Crippen LogP contribution in [-0.2, 0) is 5.41 Å². The number of anilines is 1. The molecule has 0 heterocycles. The number of aromatic hydroxyl groups is 1. The van der Waals surface area contributed by atoms with Crippen molar-refractivity contribution in [1.82, 2.24) is 0 Å². The molecule has 0 saturated carbocycles. The van der Waals surface area contributed by atoms with Crippen LogP contribution in [0, 0.1) is 0 Å². The Bertz CT molecular complexity index is 739. The number of hydrogen-bond acceptors (Lipinski definition) is 3. The molecule has 0 spiro atoms. The number of phenolic OH excluding ortho intramolecular Hbond substituents is 1. The van der Waals surface area contributed by atoms with Crippen LogP contribution < -0.4 is 10.3 Å². The van der Waals surface area contributed by atoms with Gasteiger partial charge in [-0.15, -0.1) is 0 Å². The van der Waals surface area contributed by atoms with E-state index in [0.29, 0.717) is 0 Å². The summed E-state index contributed by atoms with van der Waals surface area (Å²) in [5.74, 6) is 0.261. The van der Waals surface area contributed by atoms with E-state index in [9.17, 15) is 5.11 Å². The summed E-state index contributed by atoms with van der Waals surface area (Å²) in [5.41, 5.74) is 3.59. The van der Waals surface area contributed by atoms with Crippen LogP contribution in [0.2, 0.25) is 0 Å². The van der Waals surface area contributed by atoms with Gasteiger partial charge < -0.3 is 10.4 Å². The minimum atomic E-state index is 0.0214. The average Bonchev–Trinajstić information content (AvgIpc) is 2.66. The Balaban J connectivity index is 2.14. The minimum absolute atomic E-state index is 0.0214. The lowest BCUT2D eigenvalue weighted by Crippen LogP contribution is -2.78. The Labute approximate surface area is 156 Å². The quantitative estimate of drug-likeness (QED) is 0.311. The molecule has 4 heteroatoms. The highest BCUT2D eigenvalue weighted by Crippen LogP contribution is 2.33. The lowest BCUT2D eigenvalue weighted by molar-refractivity contribution is -0.561. The predicted octanol–water partition coefficient (Wildman–Crippen LogP) is 3.95. The van der Waals surface area contributed by atoms with Crippen LogP contribution in [0.1, 0.15) is 32.3 Å². The van der Waals surface area contributed by atoms with Crippen LogP contribution in [0.4, 0.5) is 11.4 Å². The van der Waals surface area contributed by atoms with Crippen molar-refractivity contribution in [2.45, 2.75) is 32.1 Å². The summed E-state index contributed by atoms with van der Waals surface area (Å²) in [4.78, 5) is 0. The van der Waals surface area contributed by atoms with Gasteiger partial charge in [0.15, 0.2) is 0 Å². The van der Waals surface area contributed by atoms with Gasteiger partial charge in [-0.05, 0) is 49.2 Å². The van der Waals surface area contributed by atoms with Crippen molar-refractivity contribution in [2.75, 3.05) is 18.6 Å². The van der Waals surface area contributed by atoms with Crippen molar-refractivity contribution in [3.63, 3.8) is 0 Å². The lowest BCUT2D eigenvalue weighted by Gasteiger charge is -2.28. The number of hydrogen-bond donors (Lipinski definition) is 2. The van der Waals surface area contributed by atoms with Crippen molar-refractivity contribution in [2.24, 2.45) is 5.10 Å². The number of para-hydroxylation sites is 1. The smallest absolute Gasteiger partial charge is 0.133 e. The number of phenols is 1. The number of nitrogens with zero attached hydrogens (tertiary/aromatic N) is 2. The number of nitrogens with two attached hydrogens (primary N) is 1. The summed E-state index contributed by atoms with van der Waals surface area (Å²) in [6, 6.07) is 15.6. The molecule has 26 heavy (non-hydrogen) atoms. The molecule has 0 aromatic heterocycles. The maximum absolute atomic E-state index is 9.40. The van der Waals surface area contributed by atoms with Gasteiger partial charge in [0.25, 0.3) is 0 Å². The van der Waals surface area contributed by atoms with Crippen molar-refractivity contribution in [1.29, 1.82) is 0 Å². The van der Waals surface area contributed by atoms with Gasteiger partial charge in [0.1, 0.15) is 11.4 Å². The van der Waals surface area contributed by atoms with E-state index in [2.05, 4.69) is 55.1 Å². The van der Waals surface area contributed by atoms with E-state index in [0.717, 1.165) is 25.1 Å². The van der Waals surface area contributed by atoms with E-state index in [1.807, 2.05) is 36.5 Å². The third-order valence-corrected chi connectivity index (χ3v) is 4.92. The van der Waals surface area contributed by atoms with Crippen LogP contribution in [-0.4, -0.2) is 24.9 Å². The fourth-order valence-electron chi connectivity index (χ4n) is 2.98. The molecule has 0 aliphatic rings. The molecule has 138 valence electrons. The van der Waals surface area contributed by atoms with Gasteiger partial charge in [-0.3, -0.25) is 5.01 Å². The third kappa shape index (κ3) is 4.96. The Hall–Kier alpha value is -2.59. The second kappa shape index (κ2) is 9.20. The molecule has 0 amide bonds. The topological polar surface area (TPSA) is 52.4 Å². The van der Waals surface area contributed by atoms with E-state index >= 15 is 0 Å². The van der Waals surface area contributed by atoms with E-state index in [4.69, 9.17) is 0 Å². The van der Waals surface area contributed by atoms with Crippen LogP contribution in [0.5, 0.6) is 5.75 Å². The first-order chi connectivity index (χ1) is 12.5. The zero-order valence-corrected chi connectivity index (χ0v) is 16.0. The van der Waals surface area contributed by atoms with Crippen LogP contribution in [0.25, 0.3) is 0 Å². The molecule has 2 aromatic carbocycles. The zero-order chi connectivity index (χ0) is 19.0. The van der Waals surface area contributed by atoms with E-state index < -0.39 is 0 Å². The zero-order valence-electron chi connectivity index (χ0n) is 16.0. The van der Waals surface area contributed by atoms with Crippen molar-refractivity contribution in [3.8, 4) is 5.75 Å². The minimum Gasteiger partial charge on any atom is -0.508 e. The molecule has 0 bridgehead atoms. The molecule has 3 N–H and O–H groups in total. The van der Waals surface area contributed by atoms with Gasteiger partial charge in [0.2, 0.25) is 0 Å². The first kappa shape index (κ1) is 19.7. The summed E-state index contributed by atoms with van der Waals surface area (Å²) >= 11 is 0. The number of rotatable bonds is 9. The first-order valence-corrected chi connectivity index (χ1v) is 9.09. The van der Waals surface area contributed by atoms with Gasteiger partial charge in [-0.1, -0.05) is 38.6 Å². The molecule has 0 saturated heterocycles. The Morgan fingerprint density at radius 1 is 1.19 bits per heavy atom. The second-order valence-corrected chi connectivity index (χ2v) is 6.77. The molecule has 4 nitrogen and oxygen atoms in total. The molecule has 0 radical (unpaired) electrons. The summed E-state index contributed by atoms with van der Waals surface area (Å²) in [6.07, 6.45) is 5.79. The van der Waals surface area contributed by atoms with E-state index in [-0.39, 0.29) is 11.2 Å². The number of quaternary nitrogens is 1. The maximum Gasteiger partial charge on any atom is 0.133 e. The molecule has 0 aliphatic carbocycles. The SMILES string of the molecule is C=CC[NH2+]c1ccccc1C(C)(CC)C/C=N/N(C)c1ccc(O)cc1. The summed E-state index contributed by atoms with van der Waals surface area (Å²) in [5, 5.41) is 18.0. The highest BCUT2D eigenvalue weighted by molar-refractivity contribution is 5.63. The Morgan fingerprint density at radius 2 is 1.88 bits per heavy atom. The van der Waals surface area contributed by atoms with Crippen LogP contribution >= 0.6 is 0 Å². The molecule has 2 aromatic rings. The summed E-state index contributed by atoms with van der Waals surface area (Å²) in [7, 11) is 1.91. The summed E-state index contributed by atoms with van der Waals surface area (Å²) in [6.45, 7) is 9.20. The van der Waals surface area contributed by atoms with Gasteiger partial charge in [0, 0.05) is 24.2 Å². The standard InChI is InChI=1S/C22H29N3O/c1-5-16-23-21-10-8-7-9-20(21)22(3,6-2)15-17-24-25(4)18-11-13-19(26)14-12-18/h5,7-14,17,23,26H,1,6,15-16H2,2-4H3/p+1/b24-17+. The van der Waals surface area contributed by atoms with Crippen molar-refractivity contribution >= 4 is 17.6 Å². The van der Waals surface area contributed by atoms with Crippen LogP contribution in [0.15, 0.2) is 66.3 Å². The molecule has 0 aliphatic heterocycles. The molecule has 0 fully saturated rings. The predicted molar refractivity (Wildman–Crippen MR) is 110 cm³/mol. The van der Waals surface area contributed by atoms with Gasteiger partial charge in [0.05, 0.1) is 12.2 Å². The maximum atomic E-state index is 9.40. The fourth-order valence-corrected chi connectivity index (χ4v) is 2.98. The van der Waals surface area contributed by atoms with Gasteiger partial charge >= 0.3 is 0 Å². The lowest BCUT2D eigenvalue weighted by atomic mass is 9.77.